The monoisotopic (exact) mass is 176 g/mol. The maximum Gasteiger partial charge on any atom is 0.137 e. The minimum atomic E-state index is 0.103. The Kier molecular flexibility index (Phi) is 3.69. The molecular formula is C12H16O. The fraction of sp³-hybridized carbons (Fsp3) is 0.417. The third-order valence-electron chi connectivity index (χ3n) is 2.27. The van der Waals surface area contributed by atoms with Gasteiger partial charge in [-0.05, 0) is 18.9 Å². The second-order valence-corrected chi connectivity index (χ2v) is 3.36. The fourth-order valence-corrected chi connectivity index (χ4v) is 1.58. The molecule has 1 nitrogen and oxygen atoms in total. The van der Waals surface area contributed by atoms with Gasteiger partial charge < -0.3 is 0 Å². The molecule has 0 aromatic heterocycles. The van der Waals surface area contributed by atoms with Gasteiger partial charge in [-0.25, -0.2) is 0 Å². The maximum atomic E-state index is 11.3. The Hall–Kier alpha value is -1.11. The van der Waals surface area contributed by atoms with Gasteiger partial charge in [-0.3, -0.25) is 4.79 Å². The van der Waals surface area contributed by atoms with E-state index >= 15 is 0 Å². The van der Waals surface area contributed by atoms with Crippen molar-refractivity contribution in [2.75, 3.05) is 0 Å². The van der Waals surface area contributed by atoms with Gasteiger partial charge in [0.25, 0.3) is 0 Å². The maximum absolute atomic E-state index is 11.3. The van der Waals surface area contributed by atoms with Crippen molar-refractivity contribution in [3.63, 3.8) is 0 Å². The highest BCUT2D eigenvalue weighted by Crippen LogP contribution is 2.21. The Balaban J connectivity index is 2.82. The highest BCUT2D eigenvalue weighted by molar-refractivity contribution is 5.83. The summed E-state index contributed by atoms with van der Waals surface area (Å²) in [5, 5.41) is 0. The summed E-state index contributed by atoms with van der Waals surface area (Å²) < 4.78 is 0. The van der Waals surface area contributed by atoms with Gasteiger partial charge in [0, 0.05) is 5.92 Å². The largest absolute Gasteiger partial charge is 0.299 e. The van der Waals surface area contributed by atoms with Gasteiger partial charge in [-0.15, -0.1) is 0 Å². The van der Waals surface area contributed by atoms with Gasteiger partial charge in [-0.1, -0.05) is 43.7 Å². The van der Waals surface area contributed by atoms with Crippen LogP contribution in [0.2, 0.25) is 0 Å². The molecule has 1 atom stereocenters. The van der Waals surface area contributed by atoms with Gasteiger partial charge in [0.2, 0.25) is 0 Å². The molecule has 0 amide bonds. The minimum absolute atomic E-state index is 0.103. The van der Waals surface area contributed by atoms with Crippen molar-refractivity contribution < 1.29 is 4.79 Å². The van der Waals surface area contributed by atoms with Crippen molar-refractivity contribution in [3.05, 3.63) is 35.9 Å². The molecule has 0 bridgehead atoms. The number of ketones is 1. The molecule has 0 aliphatic carbocycles. The van der Waals surface area contributed by atoms with Crippen molar-refractivity contribution in [3.8, 4) is 0 Å². The summed E-state index contributed by atoms with van der Waals surface area (Å²) in [6.45, 7) is 3.78. The highest BCUT2D eigenvalue weighted by Gasteiger charge is 2.14. The predicted molar refractivity (Wildman–Crippen MR) is 54.8 cm³/mol. The Bertz CT molecular complexity index is 264. The lowest BCUT2D eigenvalue weighted by molar-refractivity contribution is -0.118. The first-order chi connectivity index (χ1) is 6.25. The van der Waals surface area contributed by atoms with E-state index in [4.69, 9.17) is 0 Å². The van der Waals surface area contributed by atoms with Gasteiger partial charge in [0.05, 0.1) is 0 Å². The number of hydrogen-bond donors (Lipinski definition) is 0. The molecule has 1 heteroatoms. The predicted octanol–water partition coefficient (Wildman–Crippen LogP) is 3.16. The summed E-state index contributed by atoms with van der Waals surface area (Å²) in [7, 11) is 0. The van der Waals surface area contributed by atoms with E-state index in [-0.39, 0.29) is 11.7 Å². The number of carbonyl (C=O) groups is 1. The van der Waals surface area contributed by atoms with Crippen LogP contribution >= 0.6 is 0 Å². The third-order valence-corrected chi connectivity index (χ3v) is 2.27. The zero-order valence-corrected chi connectivity index (χ0v) is 8.29. The van der Waals surface area contributed by atoms with Crippen LogP contribution in [0.25, 0.3) is 0 Å². The van der Waals surface area contributed by atoms with Crippen molar-refractivity contribution in [1.82, 2.24) is 0 Å². The number of carbonyl (C=O) groups excluding carboxylic acids is 1. The average molecular weight is 176 g/mol. The number of hydrogen-bond acceptors (Lipinski definition) is 1. The smallest absolute Gasteiger partial charge is 0.137 e. The van der Waals surface area contributed by atoms with E-state index in [2.05, 4.69) is 6.92 Å². The Morgan fingerprint density at radius 3 is 2.38 bits per heavy atom. The van der Waals surface area contributed by atoms with Crippen LogP contribution < -0.4 is 0 Å². The number of benzene rings is 1. The molecule has 0 spiro atoms. The molecule has 0 heterocycles. The molecule has 0 fully saturated rings. The molecule has 1 rings (SSSR count). The lowest BCUT2D eigenvalue weighted by Gasteiger charge is -2.12. The second kappa shape index (κ2) is 4.80. The van der Waals surface area contributed by atoms with Gasteiger partial charge >= 0.3 is 0 Å². The van der Waals surface area contributed by atoms with Gasteiger partial charge in [-0.2, -0.15) is 0 Å². The molecule has 0 aliphatic heterocycles. The number of Topliss-reactive ketones (excluding diaryl/α,β-unsaturated/α-hetero) is 1. The van der Waals surface area contributed by atoms with Crippen LogP contribution in [0, 0.1) is 0 Å². The summed E-state index contributed by atoms with van der Waals surface area (Å²) in [6.07, 6.45) is 2.01. The molecule has 13 heavy (non-hydrogen) atoms. The third kappa shape index (κ3) is 2.69. The lowest BCUT2D eigenvalue weighted by Crippen LogP contribution is -2.08. The van der Waals surface area contributed by atoms with E-state index in [1.807, 2.05) is 30.3 Å². The SMILES string of the molecule is CCC[C@H](C(C)=O)c1ccccc1. The normalized spacial score (nSPS) is 12.5. The summed E-state index contributed by atoms with van der Waals surface area (Å²) >= 11 is 0. The first-order valence-electron chi connectivity index (χ1n) is 4.81. The van der Waals surface area contributed by atoms with E-state index in [0.29, 0.717) is 0 Å². The Morgan fingerprint density at radius 2 is 1.92 bits per heavy atom. The van der Waals surface area contributed by atoms with E-state index in [1.165, 1.54) is 0 Å². The molecule has 0 N–H and O–H groups in total. The van der Waals surface area contributed by atoms with Crippen LogP contribution in [0.3, 0.4) is 0 Å². The first kappa shape index (κ1) is 9.97. The van der Waals surface area contributed by atoms with Crippen LogP contribution in [0.15, 0.2) is 30.3 Å². The van der Waals surface area contributed by atoms with E-state index in [9.17, 15) is 4.79 Å². The molecule has 1 aromatic rings. The molecule has 0 radical (unpaired) electrons. The molecule has 0 saturated heterocycles. The topological polar surface area (TPSA) is 17.1 Å². The lowest BCUT2D eigenvalue weighted by atomic mass is 9.91. The van der Waals surface area contributed by atoms with E-state index in [0.717, 1.165) is 18.4 Å². The van der Waals surface area contributed by atoms with Gasteiger partial charge in [0.1, 0.15) is 5.78 Å². The van der Waals surface area contributed by atoms with Crippen LogP contribution in [-0.4, -0.2) is 5.78 Å². The summed E-state index contributed by atoms with van der Waals surface area (Å²) in [6, 6.07) is 10.0. The van der Waals surface area contributed by atoms with Crippen molar-refractivity contribution in [2.24, 2.45) is 0 Å². The van der Waals surface area contributed by atoms with E-state index in [1.54, 1.807) is 6.92 Å². The van der Waals surface area contributed by atoms with Crippen molar-refractivity contribution in [2.45, 2.75) is 32.6 Å². The number of rotatable bonds is 4. The molecule has 0 saturated carbocycles. The van der Waals surface area contributed by atoms with Crippen LogP contribution in [0.5, 0.6) is 0 Å². The van der Waals surface area contributed by atoms with E-state index < -0.39 is 0 Å². The standard InChI is InChI=1S/C12H16O/c1-3-7-12(10(2)13)11-8-5-4-6-9-11/h4-6,8-9,12H,3,7H2,1-2H3/t12-/m1/s1. The van der Waals surface area contributed by atoms with Crippen LogP contribution in [0.1, 0.15) is 38.2 Å². The van der Waals surface area contributed by atoms with Gasteiger partial charge in [0.15, 0.2) is 0 Å². The Morgan fingerprint density at radius 1 is 1.31 bits per heavy atom. The second-order valence-electron chi connectivity index (χ2n) is 3.36. The quantitative estimate of drug-likeness (QED) is 0.688. The highest BCUT2D eigenvalue weighted by atomic mass is 16.1. The summed E-state index contributed by atoms with van der Waals surface area (Å²) in [4.78, 5) is 11.3. The minimum Gasteiger partial charge on any atom is -0.299 e. The molecular weight excluding hydrogens is 160 g/mol. The molecule has 1 aromatic carbocycles. The van der Waals surface area contributed by atoms with Crippen LogP contribution in [0.4, 0.5) is 0 Å². The molecule has 0 unspecified atom stereocenters. The summed E-state index contributed by atoms with van der Waals surface area (Å²) in [5.41, 5.74) is 1.15. The zero-order valence-electron chi connectivity index (χ0n) is 8.29. The fourth-order valence-electron chi connectivity index (χ4n) is 1.58. The van der Waals surface area contributed by atoms with Crippen molar-refractivity contribution >= 4 is 5.78 Å². The van der Waals surface area contributed by atoms with Crippen LogP contribution in [-0.2, 0) is 4.79 Å². The molecule has 0 aliphatic rings. The van der Waals surface area contributed by atoms with Crippen molar-refractivity contribution in [1.29, 1.82) is 0 Å². The molecule has 70 valence electrons. The zero-order chi connectivity index (χ0) is 9.68. The average Bonchev–Trinajstić information content (AvgIpc) is 2.15. The summed E-state index contributed by atoms with van der Waals surface area (Å²) in [5.74, 6) is 0.374. The Labute approximate surface area is 79.8 Å². The first-order valence-corrected chi connectivity index (χ1v) is 4.81.